The van der Waals surface area contributed by atoms with Crippen molar-refractivity contribution in [1.82, 2.24) is 4.90 Å². The molecule has 88 valence electrons. The van der Waals surface area contributed by atoms with Crippen LogP contribution in [0.1, 0.15) is 31.7 Å². The van der Waals surface area contributed by atoms with Gasteiger partial charge in [0.25, 0.3) is 0 Å². The van der Waals surface area contributed by atoms with Crippen LogP contribution >= 0.6 is 15.9 Å². The number of phenols is 1. The second-order valence-corrected chi connectivity index (χ2v) is 5.46. The van der Waals surface area contributed by atoms with Gasteiger partial charge >= 0.3 is 0 Å². The van der Waals surface area contributed by atoms with E-state index in [2.05, 4.69) is 27.8 Å². The maximum Gasteiger partial charge on any atom is 0.129 e. The lowest BCUT2D eigenvalue weighted by Crippen LogP contribution is -2.36. The molecule has 0 aliphatic carbocycles. The van der Waals surface area contributed by atoms with E-state index < -0.39 is 0 Å². The fourth-order valence-corrected chi connectivity index (χ4v) is 2.70. The van der Waals surface area contributed by atoms with Gasteiger partial charge in [-0.3, -0.25) is 4.90 Å². The van der Waals surface area contributed by atoms with E-state index in [1.54, 1.807) is 6.07 Å². The Hall–Kier alpha value is -0.540. The summed E-state index contributed by atoms with van der Waals surface area (Å²) in [5, 5.41) is 9.44. The quantitative estimate of drug-likeness (QED) is 0.898. The summed E-state index contributed by atoms with van der Waals surface area (Å²) in [6.45, 7) is 4.48. The molecule has 0 aromatic heterocycles. The number of halogens is 1. The number of hydrogen-bond donors (Lipinski definition) is 1. The number of hydrogen-bond acceptors (Lipinski definition) is 2. The molecule has 1 aliphatic heterocycles. The second-order valence-electron chi connectivity index (χ2n) is 4.60. The van der Waals surface area contributed by atoms with Crippen molar-refractivity contribution in [3.63, 3.8) is 0 Å². The van der Waals surface area contributed by atoms with Crippen molar-refractivity contribution in [2.75, 3.05) is 6.54 Å². The lowest BCUT2D eigenvalue weighted by molar-refractivity contribution is 0.152. The fourth-order valence-electron chi connectivity index (χ4n) is 2.28. The topological polar surface area (TPSA) is 23.5 Å². The number of phenolic OH excluding ortho intramolecular Hbond substituents is 1. The highest BCUT2D eigenvalue weighted by molar-refractivity contribution is 9.10. The van der Waals surface area contributed by atoms with Gasteiger partial charge in [-0.05, 0) is 59.9 Å². The fraction of sp³-hybridized carbons (Fsp3) is 0.538. The van der Waals surface area contributed by atoms with Crippen molar-refractivity contribution in [3.05, 3.63) is 28.2 Å². The average Bonchev–Trinajstić information content (AvgIpc) is 2.27. The zero-order chi connectivity index (χ0) is 11.5. The molecule has 1 fully saturated rings. The molecule has 1 saturated heterocycles. The van der Waals surface area contributed by atoms with Gasteiger partial charge in [0.2, 0.25) is 0 Å². The normalized spacial score (nSPS) is 22.2. The van der Waals surface area contributed by atoms with Gasteiger partial charge in [-0.1, -0.05) is 12.5 Å². The van der Waals surface area contributed by atoms with Crippen molar-refractivity contribution >= 4 is 15.9 Å². The first-order valence-electron chi connectivity index (χ1n) is 5.88. The monoisotopic (exact) mass is 283 g/mol. The Morgan fingerprint density at radius 1 is 1.44 bits per heavy atom. The van der Waals surface area contributed by atoms with Crippen LogP contribution in [0.3, 0.4) is 0 Å². The van der Waals surface area contributed by atoms with Gasteiger partial charge in [0.05, 0.1) is 4.47 Å². The van der Waals surface area contributed by atoms with E-state index >= 15 is 0 Å². The first-order chi connectivity index (χ1) is 7.66. The highest BCUT2D eigenvalue weighted by atomic mass is 79.9. The number of nitrogens with zero attached hydrogens (tertiary/aromatic N) is 1. The number of aromatic hydroxyl groups is 1. The van der Waals surface area contributed by atoms with Crippen LogP contribution in [-0.2, 0) is 6.54 Å². The summed E-state index contributed by atoms with van der Waals surface area (Å²) in [4.78, 5) is 2.52. The van der Waals surface area contributed by atoms with E-state index in [-0.39, 0.29) is 0 Å². The van der Waals surface area contributed by atoms with E-state index in [1.807, 2.05) is 12.1 Å². The highest BCUT2D eigenvalue weighted by Crippen LogP contribution is 2.26. The molecular formula is C13H18BrNO. The lowest BCUT2D eigenvalue weighted by atomic mass is 10.0. The van der Waals surface area contributed by atoms with Crippen molar-refractivity contribution < 1.29 is 5.11 Å². The summed E-state index contributed by atoms with van der Waals surface area (Å²) in [5.74, 6) is 0.315. The van der Waals surface area contributed by atoms with Crippen LogP contribution in [0.25, 0.3) is 0 Å². The Morgan fingerprint density at radius 3 is 2.94 bits per heavy atom. The van der Waals surface area contributed by atoms with Crippen LogP contribution < -0.4 is 0 Å². The summed E-state index contributed by atoms with van der Waals surface area (Å²) < 4.78 is 0.787. The van der Waals surface area contributed by atoms with Gasteiger partial charge < -0.3 is 5.11 Å². The minimum absolute atomic E-state index is 0.315. The van der Waals surface area contributed by atoms with Crippen LogP contribution in [0.15, 0.2) is 22.7 Å². The molecule has 2 rings (SSSR count). The van der Waals surface area contributed by atoms with Crippen molar-refractivity contribution in [1.29, 1.82) is 0 Å². The predicted molar refractivity (Wildman–Crippen MR) is 69.5 cm³/mol. The van der Waals surface area contributed by atoms with Crippen molar-refractivity contribution in [3.8, 4) is 5.75 Å². The molecule has 2 nitrogen and oxygen atoms in total. The Balaban J connectivity index is 2.05. The molecular weight excluding hydrogens is 266 g/mol. The molecule has 1 aromatic carbocycles. The van der Waals surface area contributed by atoms with Crippen LogP contribution in [0.5, 0.6) is 5.75 Å². The van der Waals surface area contributed by atoms with Gasteiger partial charge in [-0.15, -0.1) is 0 Å². The Bertz CT molecular complexity index is 367. The third-order valence-corrected chi connectivity index (χ3v) is 3.97. The van der Waals surface area contributed by atoms with Gasteiger partial charge in [0.15, 0.2) is 0 Å². The summed E-state index contributed by atoms with van der Waals surface area (Å²) >= 11 is 3.36. The minimum Gasteiger partial charge on any atom is -0.507 e. The number of likely N-dealkylation sites (tertiary alicyclic amines) is 1. The van der Waals surface area contributed by atoms with Crippen molar-refractivity contribution in [2.45, 2.75) is 38.8 Å². The van der Waals surface area contributed by atoms with E-state index in [1.165, 1.54) is 31.4 Å². The van der Waals surface area contributed by atoms with Crippen LogP contribution in [0, 0.1) is 0 Å². The summed E-state index contributed by atoms with van der Waals surface area (Å²) in [6.07, 6.45) is 3.97. The van der Waals surface area contributed by atoms with Gasteiger partial charge in [0.1, 0.15) is 5.75 Å². The second kappa shape index (κ2) is 5.19. The van der Waals surface area contributed by atoms with E-state index in [0.717, 1.165) is 11.0 Å². The van der Waals surface area contributed by atoms with Gasteiger partial charge in [-0.2, -0.15) is 0 Å². The maximum atomic E-state index is 9.44. The summed E-state index contributed by atoms with van der Waals surface area (Å²) in [7, 11) is 0. The van der Waals surface area contributed by atoms with Crippen molar-refractivity contribution in [2.24, 2.45) is 0 Å². The van der Waals surface area contributed by atoms with E-state index in [9.17, 15) is 5.11 Å². The third kappa shape index (κ3) is 2.77. The third-order valence-electron chi connectivity index (χ3n) is 3.34. The number of rotatable bonds is 2. The number of piperidine rings is 1. The standard InChI is InChI=1S/C13H18BrNO/c1-10-4-2-3-7-15(10)9-11-5-6-13(16)12(14)8-11/h5-6,8,10,16H,2-4,7,9H2,1H3. The molecule has 0 spiro atoms. The first kappa shape index (κ1) is 11.9. The summed E-state index contributed by atoms with van der Waals surface area (Å²) in [6, 6.07) is 6.45. The maximum absolute atomic E-state index is 9.44. The Kier molecular flexibility index (Phi) is 3.87. The van der Waals surface area contributed by atoms with Crippen LogP contribution in [-0.4, -0.2) is 22.6 Å². The molecule has 16 heavy (non-hydrogen) atoms. The molecule has 0 radical (unpaired) electrons. The summed E-state index contributed by atoms with van der Waals surface area (Å²) in [5.41, 5.74) is 1.26. The average molecular weight is 284 g/mol. The molecule has 3 heteroatoms. The SMILES string of the molecule is CC1CCCCN1Cc1ccc(O)c(Br)c1. The molecule has 1 heterocycles. The predicted octanol–water partition coefficient (Wildman–Crippen LogP) is 3.53. The lowest BCUT2D eigenvalue weighted by Gasteiger charge is -2.33. The molecule has 0 bridgehead atoms. The number of benzene rings is 1. The molecule has 0 saturated carbocycles. The van der Waals surface area contributed by atoms with E-state index in [0.29, 0.717) is 11.8 Å². The minimum atomic E-state index is 0.315. The first-order valence-corrected chi connectivity index (χ1v) is 6.67. The zero-order valence-corrected chi connectivity index (χ0v) is 11.2. The molecule has 1 unspecified atom stereocenters. The molecule has 1 aliphatic rings. The van der Waals surface area contributed by atoms with E-state index in [4.69, 9.17) is 0 Å². The molecule has 1 aromatic rings. The Labute approximate surface area is 105 Å². The molecule has 0 amide bonds. The molecule has 1 N–H and O–H groups in total. The highest BCUT2D eigenvalue weighted by Gasteiger charge is 2.18. The largest absolute Gasteiger partial charge is 0.507 e. The van der Waals surface area contributed by atoms with Gasteiger partial charge in [0, 0.05) is 12.6 Å². The van der Waals surface area contributed by atoms with Crippen LogP contribution in [0.4, 0.5) is 0 Å². The van der Waals surface area contributed by atoms with Crippen LogP contribution in [0.2, 0.25) is 0 Å². The zero-order valence-electron chi connectivity index (χ0n) is 9.62. The smallest absolute Gasteiger partial charge is 0.129 e. The van der Waals surface area contributed by atoms with Gasteiger partial charge in [-0.25, -0.2) is 0 Å². The molecule has 1 atom stereocenters. The Morgan fingerprint density at radius 2 is 2.25 bits per heavy atom.